The maximum Gasteiger partial charge on any atom is 0.331 e. The molecule has 3 N–H and O–H groups in total. The highest BCUT2D eigenvalue weighted by Gasteiger charge is 2.41. The molecule has 0 aliphatic rings. The van der Waals surface area contributed by atoms with Gasteiger partial charge in [-0.3, -0.25) is 9.59 Å². The molecule has 7 nitrogen and oxygen atoms in total. The Morgan fingerprint density at radius 2 is 1.48 bits per heavy atom. The number of aliphatic carboxylic acids is 1. The van der Waals surface area contributed by atoms with E-state index in [0.29, 0.717) is 0 Å². The quantitative estimate of drug-likeness (QED) is 0.332. The van der Waals surface area contributed by atoms with Crippen LogP contribution in [0.4, 0.5) is 0 Å². The van der Waals surface area contributed by atoms with Crippen molar-refractivity contribution in [3.05, 3.63) is 71.8 Å². The molecule has 3 atom stereocenters. The molecule has 0 heterocycles. The number of benzene rings is 2. The van der Waals surface area contributed by atoms with E-state index >= 15 is 0 Å². The lowest BCUT2D eigenvalue weighted by Gasteiger charge is -2.40. The Hall–Kier alpha value is -3.45. The number of rotatable bonds is 11. The number of carboxylic acids is 1. The highest BCUT2D eigenvalue weighted by Crippen LogP contribution is 2.32. The van der Waals surface area contributed by atoms with Crippen LogP contribution in [0.25, 0.3) is 11.1 Å². The average Bonchev–Trinajstić information content (AvgIpc) is 2.89. The van der Waals surface area contributed by atoms with Crippen LogP contribution in [0.1, 0.15) is 61.0 Å². The summed E-state index contributed by atoms with van der Waals surface area (Å²) in [7, 11) is 3.42. The zero-order valence-electron chi connectivity index (χ0n) is 25.7. The molecule has 0 bridgehead atoms. The van der Waals surface area contributed by atoms with E-state index in [-0.39, 0.29) is 23.3 Å². The lowest BCUT2D eigenvalue weighted by molar-refractivity contribution is -0.141. The van der Waals surface area contributed by atoms with Gasteiger partial charge in [0, 0.05) is 18.0 Å². The minimum atomic E-state index is -1.03. The van der Waals surface area contributed by atoms with Gasteiger partial charge in [-0.25, -0.2) is 4.79 Å². The van der Waals surface area contributed by atoms with Crippen LogP contribution in [0.15, 0.2) is 66.2 Å². The van der Waals surface area contributed by atoms with E-state index in [1.165, 1.54) is 6.92 Å². The summed E-state index contributed by atoms with van der Waals surface area (Å²) in [5.41, 5.74) is 2.12. The fourth-order valence-electron chi connectivity index (χ4n) is 5.02. The third-order valence-corrected chi connectivity index (χ3v) is 7.62. The summed E-state index contributed by atoms with van der Waals surface area (Å²) in [4.78, 5) is 40.8. The Morgan fingerprint density at radius 3 is 1.98 bits per heavy atom. The third-order valence-electron chi connectivity index (χ3n) is 7.62. The molecule has 0 saturated heterocycles. The van der Waals surface area contributed by atoms with Gasteiger partial charge in [-0.1, -0.05) is 109 Å². The predicted octanol–water partition coefficient (Wildman–Crippen LogP) is 5.26. The minimum absolute atomic E-state index is 0.0274. The molecule has 7 heteroatoms. The van der Waals surface area contributed by atoms with Crippen molar-refractivity contribution in [1.29, 1.82) is 0 Å². The summed E-state index contributed by atoms with van der Waals surface area (Å²) in [6.45, 7) is 15.2. The Balaban J connectivity index is 2.39. The largest absolute Gasteiger partial charge is 0.478 e. The van der Waals surface area contributed by atoms with Gasteiger partial charge in [0.25, 0.3) is 0 Å². The topological polar surface area (TPSA) is 98.7 Å². The zero-order chi connectivity index (χ0) is 30.4. The number of carbonyl (C=O) groups is 3. The molecule has 40 heavy (non-hydrogen) atoms. The Labute approximate surface area is 240 Å². The smallest absolute Gasteiger partial charge is 0.331 e. The van der Waals surface area contributed by atoms with Crippen molar-refractivity contribution < 1.29 is 19.5 Å². The van der Waals surface area contributed by atoms with E-state index in [1.54, 1.807) is 25.1 Å². The first kappa shape index (κ1) is 32.8. The molecule has 2 aromatic carbocycles. The van der Waals surface area contributed by atoms with Crippen molar-refractivity contribution in [3.8, 4) is 11.1 Å². The van der Waals surface area contributed by atoms with E-state index in [0.717, 1.165) is 16.7 Å². The first-order chi connectivity index (χ1) is 18.5. The highest BCUT2D eigenvalue weighted by molar-refractivity contribution is 5.91. The van der Waals surface area contributed by atoms with Crippen molar-refractivity contribution >= 4 is 17.8 Å². The number of nitrogens with one attached hydrogen (secondary N) is 2. The van der Waals surface area contributed by atoms with Gasteiger partial charge in [0.15, 0.2) is 0 Å². The molecule has 218 valence electrons. The summed E-state index contributed by atoms with van der Waals surface area (Å²) in [5, 5.41) is 15.6. The van der Waals surface area contributed by atoms with Crippen molar-refractivity contribution in [1.82, 2.24) is 15.5 Å². The summed E-state index contributed by atoms with van der Waals surface area (Å²) >= 11 is 0. The fourth-order valence-corrected chi connectivity index (χ4v) is 5.02. The average molecular weight is 550 g/mol. The molecule has 0 aromatic heterocycles. The first-order valence-corrected chi connectivity index (χ1v) is 13.8. The van der Waals surface area contributed by atoms with E-state index in [4.69, 9.17) is 0 Å². The van der Waals surface area contributed by atoms with Crippen LogP contribution in [-0.2, 0) is 19.8 Å². The second-order valence-corrected chi connectivity index (χ2v) is 12.5. The van der Waals surface area contributed by atoms with Gasteiger partial charge in [0.2, 0.25) is 11.8 Å². The lowest BCUT2D eigenvalue weighted by Crippen LogP contribution is -2.61. The van der Waals surface area contributed by atoms with Crippen LogP contribution < -0.4 is 10.6 Å². The van der Waals surface area contributed by atoms with Crippen LogP contribution in [0.5, 0.6) is 0 Å². The molecule has 3 unspecified atom stereocenters. The maximum absolute atomic E-state index is 13.9. The summed E-state index contributed by atoms with van der Waals surface area (Å²) in [5.74, 6) is -1.60. The van der Waals surface area contributed by atoms with Gasteiger partial charge in [-0.05, 0) is 42.0 Å². The van der Waals surface area contributed by atoms with Gasteiger partial charge < -0.3 is 20.6 Å². The number of amides is 2. The molecule has 0 fully saturated rings. The molecular weight excluding hydrogens is 502 g/mol. The summed E-state index contributed by atoms with van der Waals surface area (Å²) in [6, 6.07) is 16.4. The molecule has 0 spiro atoms. The second-order valence-electron chi connectivity index (χ2n) is 12.5. The van der Waals surface area contributed by atoms with Crippen molar-refractivity contribution in [2.75, 3.05) is 14.1 Å². The number of carboxylic acid groups (broad SMARTS) is 1. The zero-order valence-corrected chi connectivity index (χ0v) is 25.7. The molecule has 0 radical (unpaired) electrons. The van der Waals surface area contributed by atoms with E-state index in [9.17, 15) is 19.5 Å². The van der Waals surface area contributed by atoms with Crippen molar-refractivity contribution in [2.24, 2.45) is 11.3 Å². The van der Waals surface area contributed by atoms with Gasteiger partial charge >= 0.3 is 5.97 Å². The van der Waals surface area contributed by atoms with Gasteiger partial charge in [-0.15, -0.1) is 0 Å². The summed E-state index contributed by atoms with van der Waals surface area (Å²) in [6.07, 6.45) is 1.60. The fraction of sp³-hybridized carbons (Fsp3) is 0.485. The van der Waals surface area contributed by atoms with Crippen molar-refractivity contribution in [2.45, 2.75) is 78.9 Å². The van der Waals surface area contributed by atoms with Gasteiger partial charge in [-0.2, -0.15) is 0 Å². The number of nitrogens with zero attached hydrogens (tertiary/aromatic N) is 1. The first-order valence-electron chi connectivity index (χ1n) is 13.8. The number of hydrogen-bond donors (Lipinski definition) is 3. The molecule has 2 rings (SSSR count). The van der Waals surface area contributed by atoms with E-state index in [1.807, 2.05) is 78.8 Å². The number of carbonyl (C=O) groups excluding carboxylic acids is 2. The molecule has 2 aromatic rings. The van der Waals surface area contributed by atoms with Crippen LogP contribution in [0.2, 0.25) is 0 Å². The summed E-state index contributed by atoms with van der Waals surface area (Å²) < 4.78 is 0. The van der Waals surface area contributed by atoms with Crippen LogP contribution >= 0.6 is 0 Å². The SMILES string of the molecule is CNC(C(=O)NC(C(=O)N(C)C(/C=C(\C)C(=O)O)C(C)C)C(C)(C)C)C(C)(C)c1cccc(-c2ccccc2)c1. The van der Waals surface area contributed by atoms with Crippen LogP contribution in [0.3, 0.4) is 0 Å². The van der Waals surface area contributed by atoms with Crippen LogP contribution in [0, 0.1) is 11.3 Å². The van der Waals surface area contributed by atoms with E-state index in [2.05, 4.69) is 34.9 Å². The Bertz CT molecular complexity index is 1210. The molecule has 0 saturated carbocycles. The molecule has 0 aliphatic heterocycles. The van der Waals surface area contributed by atoms with E-state index < -0.39 is 34.9 Å². The number of hydrogen-bond acceptors (Lipinski definition) is 4. The number of likely N-dealkylation sites (N-methyl/N-ethyl adjacent to an activating group) is 2. The normalized spacial score (nSPS) is 14.8. The van der Waals surface area contributed by atoms with Crippen LogP contribution in [-0.4, -0.2) is 60.0 Å². The van der Waals surface area contributed by atoms with Crippen molar-refractivity contribution in [3.63, 3.8) is 0 Å². The Morgan fingerprint density at radius 1 is 0.900 bits per heavy atom. The predicted molar refractivity (Wildman–Crippen MR) is 162 cm³/mol. The van der Waals surface area contributed by atoms with Gasteiger partial charge in [0.1, 0.15) is 6.04 Å². The standard InChI is InChI=1S/C33H47N3O4/c1-21(2)26(19-22(3)31(39)40)36(10)30(38)28(32(4,5)6)35-29(37)27(34-9)33(7,8)25-18-14-17-24(20-25)23-15-12-11-13-16-23/h11-21,26-28,34H,1-10H3,(H,35,37)(H,39,40)/b22-19+. The third kappa shape index (κ3) is 7.81. The second kappa shape index (κ2) is 13.3. The minimum Gasteiger partial charge on any atom is -0.478 e. The molecule has 0 aliphatic carbocycles. The molecular formula is C33H47N3O4. The Kier molecular flexibility index (Phi) is 10.9. The monoisotopic (exact) mass is 549 g/mol. The van der Waals surface area contributed by atoms with Gasteiger partial charge in [0.05, 0.1) is 12.1 Å². The highest BCUT2D eigenvalue weighted by atomic mass is 16.4. The maximum atomic E-state index is 13.9. The molecule has 2 amide bonds. The lowest BCUT2D eigenvalue weighted by atomic mass is 9.76.